The highest BCUT2D eigenvalue weighted by Gasteiger charge is 2.46. The summed E-state index contributed by atoms with van der Waals surface area (Å²) in [5, 5.41) is 20.3. The number of nitrogens with zero attached hydrogens (tertiary/aromatic N) is 4. The molecule has 0 aliphatic carbocycles. The van der Waals surface area contributed by atoms with E-state index in [1.807, 2.05) is 0 Å². The topological polar surface area (TPSA) is 229 Å². The van der Waals surface area contributed by atoms with Crippen molar-refractivity contribution in [2.45, 2.75) is 24.3 Å². The van der Waals surface area contributed by atoms with Crippen LogP contribution in [0.2, 0.25) is 0 Å². The molecule has 15 nitrogen and oxygen atoms in total. The molecule has 0 spiro atoms. The first kappa shape index (κ1) is 20.4. The van der Waals surface area contributed by atoms with Gasteiger partial charge in [0.05, 0.1) is 15.1 Å². The van der Waals surface area contributed by atoms with E-state index in [2.05, 4.69) is 23.2 Å². The van der Waals surface area contributed by atoms with Gasteiger partial charge >= 0.3 is 18.2 Å². The molecule has 6 atom stereocenters. The zero-order valence-corrected chi connectivity index (χ0v) is 15.6. The largest absolute Gasteiger partial charge is 0.491 e. The fourth-order valence-corrected chi connectivity index (χ4v) is 5.12. The van der Waals surface area contributed by atoms with Crippen LogP contribution >= 0.6 is 16.6 Å². The molecule has 0 saturated carbocycles. The Kier molecular flexibility index (Phi) is 5.48. The van der Waals surface area contributed by atoms with Crippen LogP contribution in [0.25, 0.3) is 11.2 Å². The second kappa shape index (κ2) is 7.25. The Balaban J connectivity index is 1.76. The van der Waals surface area contributed by atoms with Gasteiger partial charge in [-0.25, -0.2) is 19.5 Å². The summed E-state index contributed by atoms with van der Waals surface area (Å²) in [6.07, 6.45) is -1.90. The fraction of sp³-hybridized carbons (Fsp3) is 0.444. The van der Waals surface area contributed by atoms with E-state index < -0.39 is 51.3 Å². The lowest BCUT2D eigenvalue weighted by Gasteiger charge is -2.16. The number of phosphoric acid groups is 1. The molecule has 27 heavy (non-hydrogen) atoms. The highest BCUT2D eigenvalue weighted by Crippen LogP contribution is 2.54. The van der Waals surface area contributed by atoms with E-state index in [0.29, 0.717) is 0 Å². The molecule has 0 radical (unpaired) electrons. The van der Waals surface area contributed by atoms with Gasteiger partial charge in [0.25, 0.3) is 0 Å². The van der Waals surface area contributed by atoms with Gasteiger partial charge < -0.3 is 25.6 Å². The lowest BCUT2D eigenvalue weighted by atomic mass is 10.2. The van der Waals surface area contributed by atoms with E-state index in [1.54, 1.807) is 0 Å². The molecule has 2 aromatic rings. The lowest BCUT2D eigenvalue weighted by molar-refractivity contribution is -0.0201. The predicted octanol–water partition coefficient (Wildman–Crippen LogP) is -1.48. The number of rotatable bonds is 6. The van der Waals surface area contributed by atoms with Gasteiger partial charge in [-0.2, -0.15) is 8.42 Å². The molecule has 3 rings (SSSR count). The van der Waals surface area contributed by atoms with E-state index in [-0.39, 0.29) is 17.0 Å². The van der Waals surface area contributed by atoms with Crippen molar-refractivity contribution in [1.29, 1.82) is 0 Å². The Morgan fingerprint density at radius 3 is 2.67 bits per heavy atom. The molecule has 0 amide bonds. The van der Waals surface area contributed by atoms with Gasteiger partial charge in [0, 0.05) is 0 Å². The van der Waals surface area contributed by atoms with Gasteiger partial charge in [0.2, 0.25) is 0 Å². The monoisotopic (exact) mass is 445 g/mol. The van der Waals surface area contributed by atoms with E-state index in [1.165, 1.54) is 10.9 Å². The minimum atomic E-state index is -5.25. The summed E-state index contributed by atoms with van der Waals surface area (Å²) in [4.78, 5) is 20.9. The van der Waals surface area contributed by atoms with Crippen molar-refractivity contribution in [2.24, 2.45) is 0 Å². The van der Waals surface area contributed by atoms with Crippen LogP contribution in [0.1, 0.15) is 6.23 Å². The molecule has 3 heterocycles. The van der Waals surface area contributed by atoms with Crippen molar-refractivity contribution in [3.8, 4) is 0 Å². The number of fused-ring (bicyclic) bond motifs is 1. The molecular formula is C9H13N5O10P2S. The minimum absolute atomic E-state index is 0.0807. The first-order chi connectivity index (χ1) is 12.5. The number of anilines is 1. The molecule has 6 N–H and O–H groups in total. The summed E-state index contributed by atoms with van der Waals surface area (Å²) in [5.41, 5.74) is 6.09. The van der Waals surface area contributed by atoms with Crippen LogP contribution in [-0.2, 0) is 28.0 Å². The van der Waals surface area contributed by atoms with Crippen LogP contribution in [0.5, 0.6) is 0 Å². The molecule has 0 aromatic carbocycles. The summed E-state index contributed by atoms with van der Waals surface area (Å²) in [7, 11) is -11.6. The van der Waals surface area contributed by atoms with Crippen LogP contribution in [0.4, 0.5) is 5.82 Å². The Bertz CT molecular complexity index is 1000. The number of hydrogen-bond acceptors (Lipinski definition) is 12. The van der Waals surface area contributed by atoms with Crippen molar-refractivity contribution >= 4 is 44.0 Å². The highest BCUT2D eigenvalue weighted by molar-refractivity contribution is 7.85. The molecule has 2 unspecified atom stereocenters. The van der Waals surface area contributed by atoms with Crippen molar-refractivity contribution < 1.29 is 45.7 Å². The number of nitrogens with two attached hydrogens (primary N) is 1. The molecular weight excluding hydrogens is 432 g/mol. The van der Waals surface area contributed by atoms with E-state index in [9.17, 15) is 28.1 Å². The first-order valence-electron chi connectivity index (χ1n) is 6.88. The Labute approximate surface area is 152 Å². The van der Waals surface area contributed by atoms with Crippen LogP contribution in [0, 0.1) is 0 Å². The minimum Gasteiger partial charge on any atom is -0.387 e. The summed E-state index contributed by atoms with van der Waals surface area (Å²) in [5.74, 6) is -1.25. The van der Waals surface area contributed by atoms with Crippen LogP contribution in [0.15, 0.2) is 12.7 Å². The maximum Gasteiger partial charge on any atom is 0.491 e. The molecule has 2 aromatic heterocycles. The molecule has 0 bridgehead atoms. The third-order valence-electron chi connectivity index (χ3n) is 3.37. The predicted molar refractivity (Wildman–Crippen MR) is 87.5 cm³/mol. The molecule has 18 heteroatoms. The van der Waals surface area contributed by atoms with Gasteiger partial charge in [-0.05, 0) is 0 Å². The van der Waals surface area contributed by atoms with Crippen LogP contribution in [-0.4, -0.2) is 65.6 Å². The van der Waals surface area contributed by atoms with Crippen molar-refractivity contribution in [3.63, 3.8) is 0 Å². The molecule has 1 aliphatic rings. The average Bonchev–Trinajstić information content (AvgIpc) is 3.07. The summed E-state index contributed by atoms with van der Waals surface area (Å²) in [6.45, 7) is 0. The quantitative estimate of drug-likeness (QED) is 0.252. The normalized spacial score (nSPS) is 28.9. The number of imidazole rings is 1. The third kappa shape index (κ3) is 4.41. The summed E-state index contributed by atoms with van der Waals surface area (Å²) >= 11 is 0. The standard InChI is InChI=1S/C9H13N5O10P2S/c10-6-3-7(12-1-11-6)14(2-13-3)8-4(15)5(16)9(22-8)25-23-26(17,18)24-27(19,20)21/h1-2,4-5,8-9,15-16,25H,(H,17,18)(H2,10,11,12)(H,19,20,21)/t4-,5+,8-,9-/m1/s1. The van der Waals surface area contributed by atoms with Gasteiger partial charge in [0.15, 0.2) is 17.7 Å². The highest BCUT2D eigenvalue weighted by atomic mass is 32.3. The fourth-order valence-electron chi connectivity index (χ4n) is 2.30. The zero-order valence-electron chi connectivity index (χ0n) is 12.9. The molecule has 1 fully saturated rings. The van der Waals surface area contributed by atoms with Crippen LogP contribution < -0.4 is 5.73 Å². The lowest BCUT2D eigenvalue weighted by Crippen LogP contribution is -2.30. The van der Waals surface area contributed by atoms with Crippen molar-refractivity contribution in [1.82, 2.24) is 19.5 Å². The van der Waals surface area contributed by atoms with Crippen molar-refractivity contribution in [3.05, 3.63) is 12.7 Å². The van der Waals surface area contributed by atoms with Gasteiger partial charge in [-0.1, -0.05) is 0 Å². The number of ether oxygens (including phenoxy) is 1. The maximum absolute atomic E-state index is 11.4. The average molecular weight is 445 g/mol. The Morgan fingerprint density at radius 1 is 1.30 bits per heavy atom. The van der Waals surface area contributed by atoms with Crippen molar-refractivity contribution in [2.75, 3.05) is 5.73 Å². The number of nitrogen functional groups attached to an aromatic ring is 1. The first-order valence-corrected chi connectivity index (χ1v) is 10.7. The second-order valence-electron chi connectivity index (χ2n) is 5.19. The molecule has 1 saturated heterocycles. The number of aliphatic hydroxyl groups excluding tert-OH is 2. The second-order valence-corrected chi connectivity index (χ2v) is 9.12. The number of aliphatic hydroxyl groups is 2. The number of hydrogen-bond donors (Lipinski definition) is 5. The molecule has 1 aliphatic heterocycles. The number of aromatic nitrogens is 4. The summed E-state index contributed by atoms with van der Waals surface area (Å²) in [6, 6.07) is 0. The summed E-state index contributed by atoms with van der Waals surface area (Å²) < 4.78 is 55.4. The Morgan fingerprint density at radius 2 is 2.00 bits per heavy atom. The Hall–Kier alpha value is -1.32. The molecule has 150 valence electrons. The SMILES string of the molecule is Nc1ncnc2c1ncn2[C@@H]1O[C@H](POP(=O)(O)OS(=O)(=O)O)[C@@H](O)[C@H]1O. The van der Waals surface area contributed by atoms with Crippen LogP contribution in [0.3, 0.4) is 0 Å². The van der Waals surface area contributed by atoms with Gasteiger partial charge in [0.1, 0.15) is 29.9 Å². The van der Waals surface area contributed by atoms with Gasteiger partial charge in [-0.15, -0.1) is 3.97 Å². The van der Waals surface area contributed by atoms with E-state index in [4.69, 9.17) is 15.0 Å². The smallest absolute Gasteiger partial charge is 0.387 e. The maximum atomic E-state index is 11.4. The third-order valence-corrected chi connectivity index (χ3v) is 6.93. The van der Waals surface area contributed by atoms with E-state index >= 15 is 0 Å². The van der Waals surface area contributed by atoms with Gasteiger partial charge in [-0.3, -0.25) is 13.4 Å². The van der Waals surface area contributed by atoms with E-state index in [0.717, 1.165) is 6.33 Å². The zero-order chi connectivity index (χ0) is 20.0.